The van der Waals surface area contributed by atoms with Gasteiger partial charge in [-0.2, -0.15) is 5.26 Å². The first-order chi connectivity index (χ1) is 7.06. The van der Waals surface area contributed by atoms with Gasteiger partial charge in [0.15, 0.2) is 5.78 Å². The van der Waals surface area contributed by atoms with E-state index < -0.39 is 0 Å². The van der Waals surface area contributed by atoms with Gasteiger partial charge in [0.05, 0.1) is 12.5 Å². The highest BCUT2D eigenvalue weighted by Crippen LogP contribution is 2.20. The lowest BCUT2D eigenvalue weighted by Gasteiger charge is -2.06. The zero-order valence-corrected chi connectivity index (χ0v) is 10.3. The number of ketones is 1. The lowest BCUT2D eigenvalue weighted by molar-refractivity contribution is 0.0939. The van der Waals surface area contributed by atoms with Gasteiger partial charge in [-0.1, -0.05) is 35.8 Å². The molecule has 0 heterocycles. The minimum absolute atomic E-state index is 0.0129. The Bertz CT molecular complexity index is 418. The van der Waals surface area contributed by atoms with E-state index in [9.17, 15) is 4.79 Å². The summed E-state index contributed by atoms with van der Waals surface area (Å²) >= 11 is 3.36. The highest BCUT2D eigenvalue weighted by molar-refractivity contribution is 9.10. The molecule has 0 bridgehead atoms. The van der Waals surface area contributed by atoms with Crippen LogP contribution in [0.2, 0.25) is 0 Å². The van der Waals surface area contributed by atoms with E-state index in [2.05, 4.69) is 22.0 Å². The normalized spacial score (nSPS) is 10.1. The van der Waals surface area contributed by atoms with Crippen molar-refractivity contribution in [1.82, 2.24) is 0 Å². The number of Topliss-reactive ketones (excluding diaryl/α,β-unsaturated/α-hetero) is 1. The molecule has 0 saturated heterocycles. The summed E-state index contributed by atoms with van der Waals surface area (Å²) in [5.41, 5.74) is 1.54. The van der Waals surface area contributed by atoms with Crippen molar-refractivity contribution in [2.24, 2.45) is 5.92 Å². The van der Waals surface area contributed by atoms with Gasteiger partial charge in [0.25, 0.3) is 0 Å². The summed E-state index contributed by atoms with van der Waals surface area (Å²) in [5, 5.41) is 8.63. The van der Waals surface area contributed by atoms with Gasteiger partial charge in [-0.15, -0.1) is 0 Å². The maximum Gasteiger partial charge on any atom is 0.165 e. The van der Waals surface area contributed by atoms with Crippen LogP contribution in [0.1, 0.15) is 29.8 Å². The second-order valence-electron chi connectivity index (χ2n) is 3.66. The molecule has 0 fully saturated rings. The molecular formula is C12H12BrNO. The van der Waals surface area contributed by atoms with E-state index in [0.29, 0.717) is 12.0 Å². The first-order valence-corrected chi connectivity index (χ1v) is 5.55. The minimum atomic E-state index is -0.0129. The molecule has 0 saturated carbocycles. The number of carbonyl (C=O) groups excluding carboxylic acids is 1. The summed E-state index contributed by atoms with van der Waals surface area (Å²) in [5.74, 6) is 0.0998. The maximum absolute atomic E-state index is 11.7. The van der Waals surface area contributed by atoms with E-state index in [-0.39, 0.29) is 11.7 Å². The van der Waals surface area contributed by atoms with Gasteiger partial charge in [-0.05, 0) is 17.7 Å². The van der Waals surface area contributed by atoms with E-state index in [0.717, 1.165) is 10.0 Å². The second kappa shape index (κ2) is 5.09. The molecular weight excluding hydrogens is 254 g/mol. The Balaban J connectivity index is 3.08. The third-order valence-corrected chi connectivity index (χ3v) is 2.90. The fourth-order valence-corrected chi connectivity index (χ4v) is 1.67. The van der Waals surface area contributed by atoms with Crippen LogP contribution in [0.15, 0.2) is 22.7 Å². The van der Waals surface area contributed by atoms with Crippen LogP contribution in [-0.2, 0) is 6.42 Å². The predicted molar refractivity (Wildman–Crippen MR) is 62.6 cm³/mol. The zero-order chi connectivity index (χ0) is 11.4. The fraction of sp³-hybridized carbons (Fsp3) is 0.333. The SMILES string of the molecule is CC(C)C(=O)c1ccc(Br)c(CC#N)c1. The summed E-state index contributed by atoms with van der Waals surface area (Å²) in [6.45, 7) is 3.74. The molecule has 15 heavy (non-hydrogen) atoms. The van der Waals surface area contributed by atoms with Gasteiger partial charge in [-0.25, -0.2) is 0 Å². The van der Waals surface area contributed by atoms with Crippen molar-refractivity contribution in [1.29, 1.82) is 5.26 Å². The van der Waals surface area contributed by atoms with Crippen LogP contribution in [0.25, 0.3) is 0 Å². The molecule has 0 aliphatic carbocycles. The smallest absolute Gasteiger partial charge is 0.165 e. The van der Waals surface area contributed by atoms with Crippen molar-refractivity contribution in [3.63, 3.8) is 0 Å². The van der Waals surface area contributed by atoms with Gasteiger partial charge in [0.1, 0.15) is 0 Å². The lowest BCUT2D eigenvalue weighted by Crippen LogP contribution is -2.07. The van der Waals surface area contributed by atoms with Gasteiger partial charge >= 0.3 is 0 Å². The van der Waals surface area contributed by atoms with E-state index in [1.807, 2.05) is 19.9 Å². The highest BCUT2D eigenvalue weighted by atomic mass is 79.9. The van der Waals surface area contributed by atoms with E-state index in [1.54, 1.807) is 12.1 Å². The third-order valence-electron chi connectivity index (χ3n) is 2.12. The summed E-state index contributed by atoms with van der Waals surface area (Å²) in [4.78, 5) is 11.7. The molecule has 1 rings (SSSR count). The average molecular weight is 266 g/mol. The van der Waals surface area contributed by atoms with Crippen molar-refractivity contribution >= 4 is 21.7 Å². The molecule has 0 aliphatic heterocycles. The van der Waals surface area contributed by atoms with Crippen molar-refractivity contribution < 1.29 is 4.79 Å². The lowest BCUT2D eigenvalue weighted by atomic mass is 9.99. The van der Waals surface area contributed by atoms with Gasteiger partial charge in [0, 0.05) is 16.0 Å². The molecule has 1 aromatic rings. The molecule has 0 amide bonds. The summed E-state index contributed by atoms with van der Waals surface area (Å²) in [6, 6.07) is 7.47. The summed E-state index contributed by atoms with van der Waals surface area (Å²) in [7, 11) is 0. The number of nitriles is 1. The van der Waals surface area contributed by atoms with E-state index in [1.165, 1.54) is 0 Å². The topological polar surface area (TPSA) is 40.9 Å². The summed E-state index contributed by atoms with van der Waals surface area (Å²) < 4.78 is 0.879. The molecule has 0 aromatic heterocycles. The quantitative estimate of drug-likeness (QED) is 0.787. The molecule has 78 valence electrons. The number of hydrogen-bond donors (Lipinski definition) is 0. The Morgan fingerprint density at radius 2 is 2.20 bits per heavy atom. The van der Waals surface area contributed by atoms with Crippen LogP contribution in [0.5, 0.6) is 0 Å². The van der Waals surface area contributed by atoms with Crippen LogP contribution in [-0.4, -0.2) is 5.78 Å². The Morgan fingerprint density at radius 1 is 1.53 bits per heavy atom. The number of nitrogens with zero attached hydrogens (tertiary/aromatic N) is 1. The molecule has 0 radical (unpaired) electrons. The molecule has 0 N–H and O–H groups in total. The fourth-order valence-electron chi connectivity index (χ4n) is 1.28. The van der Waals surface area contributed by atoms with E-state index >= 15 is 0 Å². The molecule has 2 nitrogen and oxygen atoms in total. The number of hydrogen-bond acceptors (Lipinski definition) is 2. The molecule has 0 spiro atoms. The molecule has 3 heteroatoms. The largest absolute Gasteiger partial charge is 0.294 e. The monoisotopic (exact) mass is 265 g/mol. The van der Waals surface area contributed by atoms with Crippen molar-refractivity contribution in [3.8, 4) is 6.07 Å². The zero-order valence-electron chi connectivity index (χ0n) is 8.75. The van der Waals surface area contributed by atoms with Gasteiger partial charge in [-0.3, -0.25) is 4.79 Å². The first kappa shape index (κ1) is 11.9. The van der Waals surface area contributed by atoms with Crippen molar-refractivity contribution in [3.05, 3.63) is 33.8 Å². The Morgan fingerprint density at radius 3 is 2.73 bits per heavy atom. The van der Waals surface area contributed by atoms with Crippen LogP contribution >= 0.6 is 15.9 Å². The standard InChI is InChI=1S/C12H12BrNO/c1-8(2)12(15)10-3-4-11(13)9(7-10)5-6-14/h3-4,7-8H,5H2,1-2H3. The Kier molecular flexibility index (Phi) is 4.05. The van der Waals surface area contributed by atoms with Crippen LogP contribution in [0.3, 0.4) is 0 Å². The number of rotatable bonds is 3. The second-order valence-corrected chi connectivity index (χ2v) is 4.51. The maximum atomic E-state index is 11.7. The molecule has 0 unspecified atom stereocenters. The third kappa shape index (κ3) is 2.90. The average Bonchev–Trinajstić information content (AvgIpc) is 2.20. The van der Waals surface area contributed by atoms with Crippen molar-refractivity contribution in [2.45, 2.75) is 20.3 Å². The minimum Gasteiger partial charge on any atom is -0.294 e. The van der Waals surface area contributed by atoms with Gasteiger partial charge < -0.3 is 0 Å². The summed E-state index contributed by atoms with van der Waals surface area (Å²) in [6.07, 6.45) is 0.319. The van der Waals surface area contributed by atoms with Gasteiger partial charge in [0.2, 0.25) is 0 Å². The van der Waals surface area contributed by atoms with Crippen LogP contribution < -0.4 is 0 Å². The Hall–Kier alpha value is -1.14. The first-order valence-electron chi connectivity index (χ1n) is 4.76. The molecule has 0 atom stereocenters. The van der Waals surface area contributed by atoms with Crippen molar-refractivity contribution in [2.75, 3.05) is 0 Å². The molecule has 0 aliphatic rings. The number of benzene rings is 1. The highest BCUT2D eigenvalue weighted by Gasteiger charge is 2.11. The Labute approximate surface area is 98.0 Å². The number of carbonyl (C=O) groups is 1. The van der Waals surface area contributed by atoms with Crippen LogP contribution in [0, 0.1) is 17.2 Å². The van der Waals surface area contributed by atoms with Crippen LogP contribution in [0.4, 0.5) is 0 Å². The molecule has 1 aromatic carbocycles. The predicted octanol–water partition coefficient (Wildman–Crippen LogP) is 3.35. The van der Waals surface area contributed by atoms with E-state index in [4.69, 9.17) is 5.26 Å². The number of halogens is 1.